The first-order valence-electron chi connectivity index (χ1n) is 9.34. The third-order valence-corrected chi connectivity index (χ3v) is 4.62. The Morgan fingerprint density at radius 1 is 1.20 bits per heavy atom. The molecule has 0 atom stereocenters. The summed E-state index contributed by atoms with van der Waals surface area (Å²) >= 11 is 0. The quantitative estimate of drug-likeness (QED) is 0.383. The van der Waals surface area contributed by atoms with Crippen molar-refractivity contribution in [3.05, 3.63) is 54.9 Å². The Kier molecular flexibility index (Phi) is 6.69. The molecule has 0 saturated heterocycles. The van der Waals surface area contributed by atoms with Gasteiger partial charge in [0.2, 0.25) is 11.7 Å². The number of nitrogens with one attached hydrogen (secondary N) is 2. The van der Waals surface area contributed by atoms with Crippen molar-refractivity contribution < 1.29 is 14.2 Å². The third kappa shape index (κ3) is 4.43. The van der Waals surface area contributed by atoms with Crippen molar-refractivity contribution in [1.82, 2.24) is 14.5 Å². The van der Waals surface area contributed by atoms with Crippen molar-refractivity contribution in [2.24, 2.45) is 0 Å². The number of rotatable bonds is 10. The van der Waals surface area contributed by atoms with Gasteiger partial charge in [-0.05, 0) is 24.1 Å². The van der Waals surface area contributed by atoms with Gasteiger partial charge in [-0.3, -0.25) is 0 Å². The Morgan fingerprint density at radius 2 is 1.93 bits per heavy atom. The van der Waals surface area contributed by atoms with Crippen LogP contribution < -0.4 is 19.5 Å². The zero-order chi connectivity index (χ0) is 21.5. The van der Waals surface area contributed by atoms with E-state index in [4.69, 9.17) is 19.6 Å². The number of ether oxygens (including phenoxy) is 3. The van der Waals surface area contributed by atoms with Crippen LogP contribution in [0.2, 0.25) is 0 Å². The summed E-state index contributed by atoms with van der Waals surface area (Å²) < 4.78 is 18.2. The Bertz CT molecular complexity index is 1060. The first kappa shape index (κ1) is 20.9. The van der Waals surface area contributed by atoms with Gasteiger partial charge in [-0.2, -0.15) is 4.98 Å². The SMILES string of the molecule is C=C/C(=C\C=N)CCn1ccc2cnc(Nc3cc(OC)c(OC)c(OC)c3)nc21. The number of anilines is 2. The van der Waals surface area contributed by atoms with E-state index in [1.165, 1.54) is 6.21 Å². The van der Waals surface area contributed by atoms with Crippen LogP contribution in [0.4, 0.5) is 11.6 Å². The van der Waals surface area contributed by atoms with E-state index in [1.807, 2.05) is 12.3 Å². The summed E-state index contributed by atoms with van der Waals surface area (Å²) in [5, 5.41) is 11.4. The summed E-state index contributed by atoms with van der Waals surface area (Å²) in [6.07, 6.45) is 9.29. The average molecular weight is 407 g/mol. The standard InChI is InChI=1S/C22H25N5O3/c1-5-15(6-9-23)7-10-27-11-8-16-14-24-22(26-21(16)27)25-17-12-18(28-2)20(30-4)19(13-17)29-3/h5-6,8-9,11-14,23H,1,7,10H2,2-4H3,(H,24,25,26)/b15-6+,23-9?. The highest BCUT2D eigenvalue weighted by Crippen LogP contribution is 2.40. The van der Waals surface area contributed by atoms with Crippen LogP contribution in [0.25, 0.3) is 11.0 Å². The number of hydrogen-bond donors (Lipinski definition) is 2. The minimum Gasteiger partial charge on any atom is -0.493 e. The predicted molar refractivity (Wildman–Crippen MR) is 119 cm³/mol. The lowest BCUT2D eigenvalue weighted by molar-refractivity contribution is 0.324. The minimum absolute atomic E-state index is 0.454. The molecule has 8 heteroatoms. The third-order valence-electron chi connectivity index (χ3n) is 4.62. The molecule has 0 saturated carbocycles. The van der Waals surface area contributed by atoms with Crippen LogP contribution in [0.1, 0.15) is 6.42 Å². The van der Waals surface area contributed by atoms with Crippen molar-refractivity contribution in [1.29, 1.82) is 5.41 Å². The van der Waals surface area contributed by atoms with Crippen molar-refractivity contribution >= 4 is 28.9 Å². The van der Waals surface area contributed by atoms with Crippen LogP contribution in [-0.4, -0.2) is 42.1 Å². The van der Waals surface area contributed by atoms with E-state index in [2.05, 4.69) is 26.4 Å². The Balaban J connectivity index is 1.88. The van der Waals surface area contributed by atoms with Crippen LogP contribution in [0.15, 0.2) is 54.9 Å². The highest BCUT2D eigenvalue weighted by Gasteiger charge is 2.14. The zero-order valence-corrected chi connectivity index (χ0v) is 17.3. The average Bonchev–Trinajstić information content (AvgIpc) is 3.18. The first-order chi connectivity index (χ1) is 14.6. The second kappa shape index (κ2) is 9.60. The number of hydrogen-bond acceptors (Lipinski definition) is 7. The molecule has 2 heterocycles. The summed E-state index contributed by atoms with van der Waals surface area (Å²) in [5.41, 5.74) is 2.53. The number of fused-ring (bicyclic) bond motifs is 1. The Labute approximate surface area is 175 Å². The summed E-state index contributed by atoms with van der Waals surface area (Å²) in [6.45, 7) is 4.52. The van der Waals surface area contributed by atoms with E-state index in [0.717, 1.165) is 29.6 Å². The van der Waals surface area contributed by atoms with Gasteiger partial charge in [-0.1, -0.05) is 12.7 Å². The van der Waals surface area contributed by atoms with E-state index < -0.39 is 0 Å². The van der Waals surface area contributed by atoms with Crippen LogP contribution >= 0.6 is 0 Å². The largest absolute Gasteiger partial charge is 0.493 e. The van der Waals surface area contributed by atoms with Gasteiger partial charge in [0.25, 0.3) is 0 Å². The topological polar surface area (TPSA) is 94.3 Å². The molecule has 3 aromatic rings. The number of allylic oxidation sites excluding steroid dienone is 3. The molecule has 0 bridgehead atoms. The van der Waals surface area contributed by atoms with E-state index >= 15 is 0 Å². The fraction of sp³-hybridized carbons (Fsp3) is 0.227. The maximum absolute atomic E-state index is 7.23. The minimum atomic E-state index is 0.454. The molecule has 0 unspecified atom stereocenters. The van der Waals surface area contributed by atoms with Crippen molar-refractivity contribution in [3.63, 3.8) is 0 Å². The predicted octanol–water partition coefficient (Wildman–Crippen LogP) is 4.35. The van der Waals surface area contributed by atoms with Crippen molar-refractivity contribution in [3.8, 4) is 17.2 Å². The monoisotopic (exact) mass is 407 g/mol. The van der Waals surface area contributed by atoms with Gasteiger partial charge in [-0.25, -0.2) is 4.98 Å². The van der Waals surface area contributed by atoms with Crippen molar-refractivity contribution in [2.45, 2.75) is 13.0 Å². The van der Waals surface area contributed by atoms with Crippen LogP contribution in [0.5, 0.6) is 17.2 Å². The molecule has 2 N–H and O–H groups in total. The maximum Gasteiger partial charge on any atom is 0.229 e. The second-order valence-corrected chi connectivity index (χ2v) is 6.38. The number of benzene rings is 1. The molecule has 3 rings (SSSR count). The number of aryl methyl sites for hydroxylation is 1. The van der Waals surface area contributed by atoms with Gasteiger partial charge in [0.05, 0.1) is 21.3 Å². The van der Waals surface area contributed by atoms with Gasteiger partial charge in [-0.15, -0.1) is 0 Å². The summed E-state index contributed by atoms with van der Waals surface area (Å²) in [4.78, 5) is 9.08. The van der Waals surface area contributed by atoms with Gasteiger partial charge in [0.15, 0.2) is 11.5 Å². The summed E-state index contributed by atoms with van der Waals surface area (Å²) in [5.74, 6) is 2.06. The molecule has 30 heavy (non-hydrogen) atoms. The van der Waals surface area contributed by atoms with Crippen LogP contribution in [-0.2, 0) is 6.54 Å². The fourth-order valence-electron chi connectivity index (χ4n) is 3.10. The normalized spacial score (nSPS) is 11.2. The maximum atomic E-state index is 7.23. The molecule has 156 valence electrons. The van der Waals surface area contributed by atoms with Gasteiger partial charge in [0.1, 0.15) is 5.65 Å². The molecule has 2 aromatic heterocycles. The van der Waals surface area contributed by atoms with Gasteiger partial charge in [0, 0.05) is 48.4 Å². The molecular weight excluding hydrogens is 382 g/mol. The first-order valence-corrected chi connectivity index (χ1v) is 9.34. The zero-order valence-electron chi connectivity index (χ0n) is 17.3. The molecule has 0 spiro atoms. The highest BCUT2D eigenvalue weighted by molar-refractivity contribution is 5.77. The lowest BCUT2D eigenvalue weighted by atomic mass is 10.2. The van der Waals surface area contributed by atoms with Crippen LogP contribution in [0.3, 0.4) is 0 Å². The highest BCUT2D eigenvalue weighted by atomic mass is 16.5. The second-order valence-electron chi connectivity index (χ2n) is 6.38. The van der Waals surface area contributed by atoms with Crippen LogP contribution in [0, 0.1) is 5.41 Å². The van der Waals surface area contributed by atoms with E-state index in [1.54, 1.807) is 51.8 Å². The van der Waals surface area contributed by atoms with Gasteiger partial charge < -0.3 is 29.5 Å². The Hall–Kier alpha value is -3.81. The summed E-state index contributed by atoms with van der Waals surface area (Å²) in [6, 6.07) is 5.57. The molecule has 0 aliphatic rings. The van der Waals surface area contributed by atoms with E-state index in [9.17, 15) is 0 Å². The number of aromatic nitrogens is 3. The van der Waals surface area contributed by atoms with Crippen molar-refractivity contribution in [2.75, 3.05) is 26.6 Å². The van der Waals surface area contributed by atoms with E-state index in [-0.39, 0.29) is 0 Å². The van der Waals surface area contributed by atoms with E-state index in [0.29, 0.717) is 28.9 Å². The molecule has 1 aromatic carbocycles. The number of nitrogens with zero attached hydrogens (tertiary/aromatic N) is 3. The molecule has 8 nitrogen and oxygen atoms in total. The molecule has 0 aliphatic heterocycles. The molecular formula is C22H25N5O3. The molecule has 0 fully saturated rings. The molecule has 0 amide bonds. The lowest BCUT2D eigenvalue weighted by Crippen LogP contribution is -2.03. The number of methoxy groups -OCH3 is 3. The fourth-order valence-corrected chi connectivity index (χ4v) is 3.10. The van der Waals surface area contributed by atoms with Gasteiger partial charge >= 0.3 is 0 Å². The summed E-state index contributed by atoms with van der Waals surface area (Å²) in [7, 11) is 4.70. The smallest absolute Gasteiger partial charge is 0.229 e. The molecule has 0 radical (unpaired) electrons. The molecule has 0 aliphatic carbocycles. The Morgan fingerprint density at radius 3 is 2.53 bits per heavy atom. The lowest BCUT2D eigenvalue weighted by Gasteiger charge is -2.14.